The highest BCUT2D eigenvalue weighted by Gasteiger charge is 2.30. The molecule has 0 aliphatic carbocycles. The van der Waals surface area contributed by atoms with Crippen molar-refractivity contribution in [2.75, 3.05) is 0 Å². The van der Waals surface area contributed by atoms with Gasteiger partial charge in [0.1, 0.15) is 0 Å². The van der Waals surface area contributed by atoms with E-state index in [1.165, 1.54) is 12.2 Å². The van der Waals surface area contributed by atoms with Crippen LogP contribution in [-0.2, 0) is 9.59 Å². The maximum absolute atomic E-state index is 10.4. The molecule has 0 aliphatic rings. The lowest BCUT2D eigenvalue weighted by Crippen LogP contribution is -2.25. The summed E-state index contributed by atoms with van der Waals surface area (Å²) in [5, 5.41) is 0. The molecule has 0 aromatic rings. The molecule has 0 heterocycles. The van der Waals surface area contributed by atoms with Gasteiger partial charge in [-0.15, -0.1) is 0 Å². The van der Waals surface area contributed by atoms with Gasteiger partial charge in [0.15, 0.2) is 6.17 Å². The van der Waals surface area contributed by atoms with Crippen molar-refractivity contribution in [1.29, 1.82) is 0 Å². The quantitative estimate of drug-likeness (QED) is 0.439. The number of unbranched alkanes of at least 4 members (excludes halogenated alkanes) is 1. The van der Waals surface area contributed by atoms with Gasteiger partial charge in [0, 0.05) is 0 Å². The lowest BCUT2D eigenvalue weighted by molar-refractivity contribution is 0.186. The highest BCUT2D eigenvalue weighted by molar-refractivity contribution is 5.37. The number of nitrogens with zero attached hydrogens (tertiary/aromatic N) is 2. The van der Waals surface area contributed by atoms with Crippen LogP contribution in [0.4, 0.5) is 0 Å². The predicted molar refractivity (Wildman–Crippen MR) is 71.8 cm³/mol. The molecular weight excluding hydrogens is 228 g/mol. The van der Waals surface area contributed by atoms with E-state index in [1.807, 2.05) is 0 Å². The fourth-order valence-corrected chi connectivity index (χ4v) is 2.54. The molecule has 0 rings (SSSR count). The Morgan fingerprint density at radius 3 is 2.00 bits per heavy atom. The summed E-state index contributed by atoms with van der Waals surface area (Å²) in [6, 6.07) is 0. The number of carbonyl (C=O) groups excluding carboxylic acids is 2. The molecule has 0 saturated carbocycles. The van der Waals surface area contributed by atoms with Gasteiger partial charge in [-0.2, -0.15) is 9.98 Å². The summed E-state index contributed by atoms with van der Waals surface area (Å²) in [6.45, 7) is 6.46. The first-order valence-corrected chi connectivity index (χ1v) is 6.82. The molecule has 0 amide bonds. The molecule has 0 radical (unpaired) electrons. The van der Waals surface area contributed by atoms with Crippen LogP contribution in [0, 0.1) is 5.41 Å². The molecule has 0 aromatic heterocycles. The van der Waals surface area contributed by atoms with E-state index >= 15 is 0 Å². The summed E-state index contributed by atoms with van der Waals surface area (Å²) in [5.74, 6) is 0. The molecule has 0 aromatic carbocycles. The minimum Gasteiger partial charge on any atom is -0.211 e. The molecule has 0 saturated heterocycles. The normalized spacial score (nSPS) is 15.1. The zero-order chi connectivity index (χ0) is 13.9. The van der Waals surface area contributed by atoms with Crippen LogP contribution in [0.2, 0.25) is 0 Å². The minimum absolute atomic E-state index is 0.121. The Bertz CT molecular complexity index is 300. The smallest absolute Gasteiger partial charge is 0.211 e. The van der Waals surface area contributed by atoms with Crippen molar-refractivity contribution in [2.45, 2.75) is 71.9 Å². The van der Waals surface area contributed by atoms with Gasteiger partial charge < -0.3 is 0 Å². The highest BCUT2D eigenvalue weighted by atomic mass is 16.1. The first kappa shape index (κ1) is 16.8. The number of rotatable bonds is 10. The van der Waals surface area contributed by atoms with Crippen LogP contribution >= 0.6 is 0 Å². The first-order chi connectivity index (χ1) is 8.67. The molecule has 0 spiro atoms. The van der Waals surface area contributed by atoms with E-state index in [-0.39, 0.29) is 5.41 Å². The second-order valence-corrected chi connectivity index (χ2v) is 4.83. The molecular formula is C14H24N2O2. The van der Waals surface area contributed by atoms with Crippen LogP contribution in [0.25, 0.3) is 0 Å². The van der Waals surface area contributed by atoms with E-state index in [4.69, 9.17) is 0 Å². The van der Waals surface area contributed by atoms with Crippen molar-refractivity contribution < 1.29 is 9.59 Å². The van der Waals surface area contributed by atoms with Crippen LogP contribution in [0.5, 0.6) is 0 Å². The summed E-state index contributed by atoms with van der Waals surface area (Å²) >= 11 is 0. The monoisotopic (exact) mass is 252 g/mol. The van der Waals surface area contributed by atoms with E-state index in [1.54, 1.807) is 0 Å². The topological polar surface area (TPSA) is 58.9 Å². The Morgan fingerprint density at radius 1 is 1.00 bits per heavy atom. The molecule has 0 N–H and O–H groups in total. The van der Waals surface area contributed by atoms with Gasteiger partial charge in [-0.05, 0) is 24.7 Å². The van der Waals surface area contributed by atoms with Crippen molar-refractivity contribution in [1.82, 2.24) is 0 Å². The molecule has 0 aliphatic heterocycles. The first-order valence-electron chi connectivity index (χ1n) is 6.82. The molecule has 4 nitrogen and oxygen atoms in total. The molecule has 1 unspecified atom stereocenters. The second kappa shape index (κ2) is 9.76. The third kappa shape index (κ3) is 5.90. The summed E-state index contributed by atoms with van der Waals surface area (Å²) < 4.78 is 0. The summed E-state index contributed by atoms with van der Waals surface area (Å²) in [5.41, 5.74) is 0.121. The SMILES string of the molecule is CCCCC(CC)(CCC)CC(N=C=O)N=C=O. The van der Waals surface area contributed by atoms with Gasteiger partial charge in [0.25, 0.3) is 0 Å². The molecule has 18 heavy (non-hydrogen) atoms. The number of aliphatic imine (C=N–C) groups is 2. The Hall–Kier alpha value is -1.24. The van der Waals surface area contributed by atoms with E-state index in [0.29, 0.717) is 6.42 Å². The van der Waals surface area contributed by atoms with E-state index in [2.05, 4.69) is 30.8 Å². The zero-order valence-electron chi connectivity index (χ0n) is 11.7. The third-order valence-electron chi connectivity index (χ3n) is 3.61. The van der Waals surface area contributed by atoms with E-state index < -0.39 is 6.17 Å². The van der Waals surface area contributed by atoms with Crippen LogP contribution in [0.15, 0.2) is 9.98 Å². The number of isocyanates is 2. The van der Waals surface area contributed by atoms with Crippen LogP contribution < -0.4 is 0 Å². The maximum atomic E-state index is 10.4. The van der Waals surface area contributed by atoms with Crippen LogP contribution in [0.3, 0.4) is 0 Å². The average Bonchev–Trinajstić information content (AvgIpc) is 2.37. The Morgan fingerprint density at radius 2 is 1.61 bits per heavy atom. The van der Waals surface area contributed by atoms with Gasteiger partial charge in [-0.25, -0.2) is 9.59 Å². The maximum Gasteiger partial charge on any atom is 0.237 e. The standard InChI is InChI=1S/C14H24N2O2/c1-4-7-9-14(6-3,8-5-2)10-13(15-11-17)16-12-18/h13H,4-10H2,1-3H3. The lowest BCUT2D eigenvalue weighted by atomic mass is 9.73. The number of hydrogen-bond donors (Lipinski definition) is 0. The van der Waals surface area contributed by atoms with Crippen LogP contribution in [-0.4, -0.2) is 18.3 Å². The fraction of sp³-hybridized carbons (Fsp3) is 0.857. The Labute approximate surface area is 110 Å². The summed E-state index contributed by atoms with van der Waals surface area (Å²) in [4.78, 5) is 27.9. The van der Waals surface area contributed by atoms with Gasteiger partial charge in [0.2, 0.25) is 12.2 Å². The van der Waals surface area contributed by atoms with Gasteiger partial charge in [-0.3, -0.25) is 0 Å². The average molecular weight is 252 g/mol. The van der Waals surface area contributed by atoms with Crippen molar-refractivity contribution in [2.24, 2.45) is 15.4 Å². The molecule has 0 fully saturated rings. The van der Waals surface area contributed by atoms with Gasteiger partial charge >= 0.3 is 0 Å². The third-order valence-corrected chi connectivity index (χ3v) is 3.61. The van der Waals surface area contributed by atoms with Gasteiger partial charge in [0.05, 0.1) is 0 Å². The Kier molecular flexibility index (Phi) is 9.08. The second-order valence-electron chi connectivity index (χ2n) is 4.83. The summed E-state index contributed by atoms with van der Waals surface area (Å²) in [6.07, 6.45) is 9.58. The van der Waals surface area contributed by atoms with E-state index in [0.717, 1.165) is 38.5 Å². The van der Waals surface area contributed by atoms with Gasteiger partial charge in [-0.1, -0.05) is 46.5 Å². The molecule has 0 bridgehead atoms. The van der Waals surface area contributed by atoms with E-state index in [9.17, 15) is 9.59 Å². The van der Waals surface area contributed by atoms with Crippen molar-refractivity contribution in [3.8, 4) is 0 Å². The fourth-order valence-electron chi connectivity index (χ4n) is 2.54. The summed E-state index contributed by atoms with van der Waals surface area (Å²) in [7, 11) is 0. The van der Waals surface area contributed by atoms with Crippen molar-refractivity contribution >= 4 is 12.2 Å². The molecule has 4 heteroatoms. The largest absolute Gasteiger partial charge is 0.237 e. The molecule has 102 valence electrons. The van der Waals surface area contributed by atoms with Crippen molar-refractivity contribution in [3.05, 3.63) is 0 Å². The van der Waals surface area contributed by atoms with Crippen molar-refractivity contribution in [3.63, 3.8) is 0 Å². The van der Waals surface area contributed by atoms with Crippen LogP contribution in [0.1, 0.15) is 65.7 Å². The Balaban J connectivity index is 4.90. The minimum atomic E-state index is -0.608. The number of hydrogen-bond acceptors (Lipinski definition) is 4. The highest BCUT2D eigenvalue weighted by Crippen LogP contribution is 2.39. The molecule has 1 atom stereocenters. The predicted octanol–water partition coefficient (Wildman–Crippen LogP) is 3.76. The zero-order valence-corrected chi connectivity index (χ0v) is 11.7. The lowest BCUT2D eigenvalue weighted by Gasteiger charge is -2.33.